The number of carbonyl (C=O) groups is 3. The predicted molar refractivity (Wildman–Crippen MR) is 134 cm³/mol. The molecule has 0 radical (unpaired) electrons. The zero-order chi connectivity index (χ0) is 25.0. The molecule has 3 aromatic carbocycles. The fraction of sp³-hybridized carbons (Fsp3) is 0.250. The van der Waals surface area contributed by atoms with Crippen molar-refractivity contribution in [1.29, 1.82) is 0 Å². The van der Waals surface area contributed by atoms with E-state index in [4.69, 9.17) is 11.6 Å². The molecule has 36 heavy (non-hydrogen) atoms. The van der Waals surface area contributed by atoms with Crippen LogP contribution in [0.4, 0.5) is 5.69 Å². The molecule has 0 aliphatic carbocycles. The number of nitrogens with one attached hydrogen (secondary N) is 2. The molecule has 2 fully saturated rings. The summed E-state index contributed by atoms with van der Waals surface area (Å²) in [5.74, 6) is -2.42. The molecule has 0 bridgehead atoms. The number of likely N-dealkylation sites (tertiary alicyclic amines) is 1. The normalized spacial score (nSPS) is 26.4. The summed E-state index contributed by atoms with van der Waals surface area (Å²) in [7, 11) is 0. The number of anilines is 1. The number of amides is 3. The summed E-state index contributed by atoms with van der Waals surface area (Å²) in [5.41, 5.74) is 1.70. The van der Waals surface area contributed by atoms with Crippen molar-refractivity contribution in [2.24, 2.45) is 11.8 Å². The third kappa shape index (κ3) is 3.42. The summed E-state index contributed by atoms with van der Waals surface area (Å²) < 4.78 is 0. The van der Waals surface area contributed by atoms with Crippen molar-refractivity contribution in [3.63, 3.8) is 0 Å². The molecule has 3 aliphatic rings. The van der Waals surface area contributed by atoms with Gasteiger partial charge in [-0.1, -0.05) is 54.1 Å². The summed E-state index contributed by atoms with van der Waals surface area (Å²) in [4.78, 5) is 42.5. The second-order valence-corrected chi connectivity index (χ2v) is 10.1. The molecule has 0 saturated carbocycles. The van der Waals surface area contributed by atoms with Gasteiger partial charge in [0, 0.05) is 28.9 Å². The fourth-order valence-corrected chi connectivity index (χ4v) is 6.17. The number of imide groups is 1. The second kappa shape index (κ2) is 8.47. The number of phenols is 1. The van der Waals surface area contributed by atoms with Gasteiger partial charge in [-0.15, -0.1) is 0 Å². The lowest BCUT2D eigenvalue weighted by atomic mass is 9.76. The first kappa shape index (κ1) is 22.8. The number of nitrogens with zero attached hydrogens (tertiary/aromatic N) is 1. The van der Waals surface area contributed by atoms with E-state index in [0.717, 1.165) is 11.1 Å². The van der Waals surface area contributed by atoms with Crippen LogP contribution in [0.5, 0.6) is 5.75 Å². The van der Waals surface area contributed by atoms with Crippen LogP contribution in [-0.2, 0) is 32.8 Å². The Morgan fingerprint density at radius 2 is 1.67 bits per heavy atom. The van der Waals surface area contributed by atoms with E-state index in [2.05, 4.69) is 10.6 Å². The highest BCUT2D eigenvalue weighted by Crippen LogP contribution is 2.53. The Kier molecular flexibility index (Phi) is 5.35. The van der Waals surface area contributed by atoms with Gasteiger partial charge >= 0.3 is 0 Å². The molecule has 182 valence electrons. The van der Waals surface area contributed by atoms with Gasteiger partial charge in [-0.3, -0.25) is 24.6 Å². The second-order valence-electron chi connectivity index (χ2n) is 9.64. The molecule has 3 heterocycles. The smallest absolute Gasteiger partial charge is 0.250 e. The molecule has 8 heteroatoms. The number of fused-ring (bicyclic) bond motifs is 4. The zero-order valence-electron chi connectivity index (χ0n) is 19.3. The molecule has 6 rings (SSSR count). The molecular weight excluding hydrogens is 478 g/mol. The topological polar surface area (TPSA) is 98.7 Å². The summed E-state index contributed by atoms with van der Waals surface area (Å²) >= 11 is 6.32. The van der Waals surface area contributed by atoms with E-state index < -0.39 is 23.4 Å². The van der Waals surface area contributed by atoms with Gasteiger partial charge < -0.3 is 10.4 Å². The van der Waals surface area contributed by atoms with Crippen molar-refractivity contribution in [1.82, 2.24) is 10.2 Å². The minimum atomic E-state index is -1.39. The van der Waals surface area contributed by atoms with Gasteiger partial charge in [0.05, 0.1) is 11.8 Å². The van der Waals surface area contributed by atoms with Crippen LogP contribution in [0.3, 0.4) is 0 Å². The lowest BCUT2D eigenvalue weighted by molar-refractivity contribution is -0.142. The third-order valence-corrected chi connectivity index (χ3v) is 7.86. The molecule has 1 spiro atoms. The Balaban J connectivity index is 1.40. The van der Waals surface area contributed by atoms with Crippen LogP contribution >= 0.6 is 11.6 Å². The molecule has 3 aromatic rings. The van der Waals surface area contributed by atoms with Crippen LogP contribution in [0.25, 0.3) is 0 Å². The Bertz CT molecular complexity index is 1380. The maximum absolute atomic E-state index is 13.9. The van der Waals surface area contributed by atoms with Gasteiger partial charge in [-0.05, 0) is 54.3 Å². The molecular formula is C28H24ClN3O4. The summed E-state index contributed by atoms with van der Waals surface area (Å²) in [5, 5.41) is 16.4. The molecule has 3 aliphatic heterocycles. The highest BCUT2D eigenvalue weighted by molar-refractivity contribution is 6.31. The van der Waals surface area contributed by atoms with Crippen molar-refractivity contribution < 1.29 is 19.5 Å². The van der Waals surface area contributed by atoms with E-state index in [1.807, 2.05) is 30.3 Å². The van der Waals surface area contributed by atoms with E-state index in [-0.39, 0.29) is 30.0 Å². The molecule has 4 atom stereocenters. The predicted octanol–water partition coefficient (Wildman–Crippen LogP) is 3.25. The quantitative estimate of drug-likeness (QED) is 0.466. The van der Waals surface area contributed by atoms with Crippen LogP contribution < -0.4 is 10.6 Å². The lowest BCUT2D eigenvalue weighted by Crippen LogP contribution is -2.53. The maximum Gasteiger partial charge on any atom is 0.250 e. The van der Waals surface area contributed by atoms with Crippen molar-refractivity contribution >= 4 is 35.0 Å². The Morgan fingerprint density at radius 1 is 0.917 bits per heavy atom. The number of phenolic OH excluding ortho intramolecular Hbond substituents is 1. The summed E-state index contributed by atoms with van der Waals surface area (Å²) in [6.07, 6.45) is 0.952. The number of rotatable bonds is 5. The van der Waals surface area contributed by atoms with Gasteiger partial charge in [0.2, 0.25) is 17.7 Å². The minimum Gasteiger partial charge on any atom is -0.508 e. The number of carbonyl (C=O) groups excluding carboxylic acids is 3. The van der Waals surface area contributed by atoms with Gasteiger partial charge in [0.25, 0.3) is 0 Å². The highest BCUT2D eigenvalue weighted by Gasteiger charge is 2.70. The maximum atomic E-state index is 13.9. The molecule has 0 aromatic heterocycles. The lowest BCUT2D eigenvalue weighted by Gasteiger charge is -2.29. The Morgan fingerprint density at radius 3 is 2.42 bits per heavy atom. The average Bonchev–Trinajstić information content (AvgIpc) is 3.44. The van der Waals surface area contributed by atoms with Gasteiger partial charge in [-0.2, -0.15) is 0 Å². The van der Waals surface area contributed by atoms with Crippen LogP contribution in [0.2, 0.25) is 5.02 Å². The molecule has 3 N–H and O–H groups in total. The van der Waals surface area contributed by atoms with Crippen LogP contribution in [0.1, 0.15) is 16.7 Å². The van der Waals surface area contributed by atoms with Crippen LogP contribution in [0, 0.1) is 11.8 Å². The number of halogens is 1. The number of aromatic hydroxyl groups is 1. The van der Waals surface area contributed by atoms with Gasteiger partial charge in [0.1, 0.15) is 11.3 Å². The monoisotopic (exact) mass is 501 g/mol. The minimum absolute atomic E-state index is 0.144. The average molecular weight is 502 g/mol. The van der Waals surface area contributed by atoms with Crippen molar-refractivity contribution in [3.8, 4) is 5.75 Å². The highest BCUT2D eigenvalue weighted by atomic mass is 35.5. The van der Waals surface area contributed by atoms with E-state index in [1.54, 1.807) is 42.5 Å². The third-order valence-electron chi connectivity index (χ3n) is 7.63. The van der Waals surface area contributed by atoms with Crippen molar-refractivity contribution in [2.45, 2.75) is 24.4 Å². The van der Waals surface area contributed by atoms with Crippen molar-refractivity contribution in [2.75, 3.05) is 11.9 Å². The first-order valence-corrected chi connectivity index (χ1v) is 12.3. The van der Waals surface area contributed by atoms with Gasteiger partial charge in [0.15, 0.2) is 0 Å². The first-order chi connectivity index (χ1) is 17.4. The first-order valence-electron chi connectivity index (χ1n) is 11.9. The van der Waals surface area contributed by atoms with Crippen LogP contribution in [-0.4, -0.2) is 40.3 Å². The van der Waals surface area contributed by atoms with Crippen molar-refractivity contribution in [3.05, 3.63) is 94.5 Å². The molecule has 3 amide bonds. The molecule has 7 nitrogen and oxygen atoms in total. The van der Waals surface area contributed by atoms with Crippen LogP contribution in [0.15, 0.2) is 72.8 Å². The largest absolute Gasteiger partial charge is 0.508 e. The fourth-order valence-electron chi connectivity index (χ4n) is 6.00. The number of hydrogen-bond donors (Lipinski definition) is 3. The van der Waals surface area contributed by atoms with E-state index in [1.165, 1.54) is 4.90 Å². The zero-order valence-corrected chi connectivity index (χ0v) is 20.0. The van der Waals surface area contributed by atoms with E-state index in [9.17, 15) is 19.5 Å². The Hall–Kier alpha value is -3.68. The van der Waals surface area contributed by atoms with E-state index in [0.29, 0.717) is 29.1 Å². The molecule has 2 saturated heterocycles. The van der Waals surface area contributed by atoms with E-state index >= 15 is 0 Å². The summed E-state index contributed by atoms with van der Waals surface area (Å²) in [6, 6.07) is 21.1. The standard InChI is InChI=1S/C28H24ClN3O4/c29-18-8-11-21-20(15-18)28(27(36)30-21)24-23(22(31-28)14-17-6-9-19(33)10-7-17)25(34)32(26(24)35)13-12-16-4-2-1-3-5-16/h1-11,15,22-24,31,33H,12-14H2,(H,30,36). The number of benzene rings is 3. The number of hydrogen-bond acceptors (Lipinski definition) is 5. The SMILES string of the molecule is O=C1C2C(Cc3ccc(O)cc3)NC3(C(=O)Nc4ccc(Cl)cc43)C2C(=O)N1CCc1ccccc1. The van der Waals surface area contributed by atoms with Gasteiger partial charge in [-0.25, -0.2) is 0 Å². The Labute approximate surface area is 213 Å². The summed E-state index contributed by atoms with van der Waals surface area (Å²) in [6.45, 7) is 0.251. The molecule has 4 unspecified atom stereocenters.